The predicted octanol–water partition coefficient (Wildman–Crippen LogP) is 2.51. The topological polar surface area (TPSA) is 62.2 Å². The van der Waals surface area contributed by atoms with Crippen LogP contribution in [0, 0.1) is 5.92 Å². The lowest BCUT2D eigenvalue weighted by Gasteiger charge is -2.18. The fraction of sp³-hybridized carbons (Fsp3) is 0.500. The van der Waals surface area contributed by atoms with E-state index in [4.69, 9.17) is 0 Å². The fourth-order valence-corrected chi connectivity index (χ4v) is 3.94. The van der Waals surface area contributed by atoms with Crippen LogP contribution in [0.25, 0.3) is 10.2 Å². The highest BCUT2D eigenvalue weighted by molar-refractivity contribution is 7.18. The van der Waals surface area contributed by atoms with Crippen molar-refractivity contribution in [1.29, 1.82) is 0 Å². The molecule has 1 saturated carbocycles. The lowest BCUT2D eigenvalue weighted by Crippen LogP contribution is -2.38. The summed E-state index contributed by atoms with van der Waals surface area (Å²) in [6, 6.07) is 8.19. The van der Waals surface area contributed by atoms with E-state index in [0.29, 0.717) is 12.8 Å². The summed E-state index contributed by atoms with van der Waals surface area (Å²) in [5.74, 6) is 0.302. The number of carbonyl (C=O) groups is 1. The number of hydrogen-bond donors (Lipinski definition) is 2. The quantitative estimate of drug-likeness (QED) is 0.892. The van der Waals surface area contributed by atoms with Crippen molar-refractivity contribution in [2.24, 2.45) is 5.92 Å². The van der Waals surface area contributed by atoms with Crippen molar-refractivity contribution >= 4 is 27.5 Å². The molecule has 2 aromatic rings. The average molecular weight is 304 g/mol. The van der Waals surface area contributed by atoms with Crippen LogP contribution in [0.15, 0.2) is 24.3 Å². The smallest absolute Gasteiger partial charge is 0.220 e. The Morgan fingerprint density at radius 3 is 3.05 bits per heavy atom. The number of nitrogens with one attached hydrogen (secondary N) is 1. The molecule has 4 nitrogen and oxygen atoms in total. The molecule has 1 aromatic heterocycles. The van der Waals surface area contributed by atoms with E-state index >= 15 is 0 Å². The molecule has 21 heavy (non-hydrogen) atoms. The summed E-state index contributed by atoms with van der Waals surface area (Å²) in [7, 11) is 0. The van der Waals surface area contributed by atoms with Gasteiger partial charge in [0.05, 0.1) is 15.2 Å². The van der Waals surface area contributed by atoms with Crippen molar-refractivity contribution in [3.8, 4) is 0 Å². The summed E-state index contributed by atoms with van der Waals surface area (Å²) in [5.41, 5.74) is 1.01. The van der Waals surface area contributed by atoms with Crippen molar-refractivity contribution < 1.29 is 9.90 Å². The molecule has 5 heteroatoms. The van der Waals surface area contributed by atoms with Crippen LogP contribution in [-0.4, -0.2) is 28.6 Å². The monoisotopic (exact) mass is 304 g/mol. The molecule has 0 bridgehead atoms. The Morgan fingerprint density at radius 1 is 1.38 bits per heavy atom. The van der Waals surface area contributed by atoms with E-state index in [0.717, 1.165) is 29.8 Å². The van der Waals surface area contributed by atoms with Crippen molar-refractivity contribution in [2.75, 3.05) is 6.61 Å². The second-order valence-corrected chi connectivity index (χ2v) is 6.74. The lowest BCUT2D eigenvalue weighted by molar-refractivity contribution is -0.122. The number of thiazole rings is 1. The van der Waals surface area contributed by atoms with Crippen molar-refractivity contribution in [3.63, 3.8) is 0 Å². The number of aliphatic hydroxyl groups is 1. The molecular formula is C16H20N2O2S. The molecule has 1 fully saturated rings. The second kappa shape index (κ2) is 6.54. The number of rotatable bonds is 5. The van der Waals surface area contributed by atoms with Gasteiger partial charge in [-0.2, -0.15) is 0 Å². The number of hydrogen-bond acceptors (Lipinski definition) is 4. The molecule has 2 N–H and O–H groups in total. The first-order valence-corrected chi connectivity index (χ1v) is 8.32. The summed E-state index contributed by atoms with van der Waals surface area (Å²) in [4.78, 5) is 16.6. The highest BCUT2D eigenvalue weighted by Gasteiger charge is 2.27. The summed E-state index contributed by atoms with van der Waals surface area (Å²) >= 11 is 1.66. The maximum Gasteiger partial charge on any atom is 0.220 e. The lowest BCUT2D eigenvalue weighted by atomic mass is 10.0. The van der Waals surface area contributed by atoms with Crippen LogP contribution in [0.4, 0.5) is 0 Å². The van der Waals surface area contributed by atoms with E-state index in [1.54, 1.807) is 11.3 Å². The number of nitrogens with zero attached hydrogens (tertiary/aromatic N) is 1. The third-order valence-corrected chi connectivity index (χ3v) is 5.24. The molecule has 0 aliphatic heterocycles. The molecule has 2 unspecified atom stereocenters. The summed E-state index contributed by atoms with van der Waals surface area (Å²) in [5, 5.41) is 13.4. The first-order chi connectivity index (χ1) is 10.3. The van der Waals surface area contributed by atoms with E-state index in [9.17, 15) is 9.90 Å². The fourth-order valence-electron chi connectivity index (χ4n) is 2.97. The van der Waals surface area contributed by atoms with E-state index in [2.05, 4.69) is 16.4 Å². The van der Waals surface area contributed by atoms with Gasteiger partial charge in [0.1, 0.15) is 0 Å². The van der Waals surface area contributed by atoms with Gasteiger partial charge in [0.2, 0.25) is 5.91 Å². The zero-order valence-electron chi connectivity index (χ0n) is 11.9. The third-order valence-electron chi connectivity index (χ3n) is 4.14. The van der Waals surface area contributed by atoms with Gasteiger partial charge in [0.25, 0.3) is 0 Å². The average Bonchev–Trinajstić information content (AvgIpc) is 3.10. The number of para-hydroxylation sites is 1. The number of aryl methyl sites for hydroxylation is 1. The minimum Gasteiger partial charge on any atom is -0.396 e. The van der Waals surface area contributed by atoms with E-state index in [1.807, 2.05) is 18.2 Å². The molecule has 0 radical (unpaired) electrons. The van der Waals surface area contributed by atoms with Gasteiger partial charge in [-0.25, -0.2) is 4.98 Å². The molecule has 1 aliphatic carbocycles. The predicted molar refractivity (Wildman–Crippen MR) is 84.3 cm³/mol. The summed E-state index contributed by atoms with van der Waals surface area (Å²) in [6.07, 6.45) is 4.24. The van der Waals surface area contributed by atoms with E-state index < -0.39 is 0 Å². The van der Waals surface area contributed by atoms with Crippen LogP contribution in [0.3, 0.4) is 0 Å². The Hall–Kier alpha value is -1.46. The number of aliphatic hydroxyl groups excluding tert-OH is 1. The molecule has 0 spiro atoms. The SMILES string of the molecule is O=C(CCc1nc2ccccc2s1)NC1CCCC1CO. The standard InChI is InChI=1S/C16H20N2O2S/c19-10-11-4-3-6-12(11)17-15(20)8-9-16-18-13-5-1-2-7-14(13)21-16/h1-2,5,7,11-12,19H,3-4,6,8-10H2,(H,17,20). The first kappa shape index (κ1) is 14.5. The van der Waals surface area contributed by atoms with Gasteiger partial charge in [-0.05, 0) is 25.0 Å². The van der Waals surface area contributed by atoms with Crippen LogP contribution in [0.5, 0.6) is 0 Å². The molecule has 112 valence electrons. The molecule has 1 heterocycles. The molecule has 2 atom stereocenters. The number of amides is 1. The molecule has 3 rings (SSSR count). The van der Waals surface area contributed by atoms with Gasteiger partial charge in [0, 0.05) is 31.4 Å². The molecule has 0 saturated heterocycles. The first-order valence-electron chi connectivity index (χ1n) is 7.51. The van der Waals surface area contributed by atoms with Gasteiger partial charge in [-0.3, -0.25) is 4.79 Å². The van der Waals surface area contributed by atoms with Gasteiger partial charge in [-0.15, -0.1) is 11.3 Å². The Morgan fingerprint density at radius 2 is 2.24 bits per heavy atom. The highest BCUT2D eigenvalue weighted by atomic mass is 32.1. The Labute approximate surface area is 128 Å². The van der Waals surface area contributed by atoms with Crippen molar-refractivity contribution in [3.05, 3.63) is 29.3 Å². The number of aromatic nitrogens is 1. The van der Waals surface area contributed by atoms with Gasteiger partial charge in [0.15, 0.2) is 0 Å². The second-order valence-electron chi connectivity index (χ2n) is 5.62. The third kappa shape index (κ3) is 3.41. The van der Waals surface area contributed by atoms with Crippen molar-refractivity contribution in [1.82, 2.24) is 10.3 Å². The molecule has 1 aliphatic rings. The van der Waals surface area contributed by atoms with Crippen LogP contribution in [0.1, 0.15) is 30.7 Å². The van der Waals surface area contributed by atoms with Crippen molar-refractivity contribution in [2.45, 2.75) is 38.1 Å². The molecule has 1 aromatic carbocycles. The number of fused-ring (bicyclic) bond motifs is 1. The Balaban J connectivity index is 1.53. The zero-order valence-corrected chi connectivity index (χ0v) is 12.7. The van der Waals surface area contributed by atoms with Gasteiger partial charge in [-0.1, -0.05) is 18.6 Å². The summed E-state index contributed by atoms with van der Waals surface area (Å²) in [6.45, 7) is 0.169. The minimum atomic E-state index is 0.0691. The van der Waals surface area contributed by atoms with Crippen LogP contribution in [0.2, 0.25) is 0 Å². The number of benzene rings is 1. The number of carbonyl (C=O) groups excluding carboxylic acids is 1. The maximum atomic E-state index is 12.0. The normalized spacial score (nSPS) is 21.8. The highest BCUT2D eigenvalue weighted by Crippen LogP contribution is 2.25. The van der Waals surface area contributed by atoms with E-state index in [1.165, 1.54) is 4.70 Å². The zero-order chi connectivity index (χ0) is 14.7. The summed E-state index contributed by atoms with van der Waals surface area (Å²) < 4.78 is 1.17. The van der Waals surface area contributed by atoms with E-state index in [-0.39, 0.29) is 24.5 Å². The minimum absolute atomic E-state index is 0.0691. The van der Waals surface area contributed by atoms with Crippen LogP contribution in [-0.2, 0) is 11.2 Å². The molecule has 1 amide bonds. The van der Waals surface area contributed by atoms with Gasteiger partial charge >= 0.3 is 0 Å². The largest absolute Gasteiger partial charge is 0.396 e. The maximum absolute atomic E-state index is 12.0. The Kier molecular flexibility index (Phi) is 4.51. The Bertz CT molecular complexity index is 593. The van der Waals surface area contributed by atoms with Crippen LogP contribution < -0.4 is 5.32 Å². The molecular weight excluding hydrogens is 284 g/mol. The van der Waals surface area contributed by atoms with Crippen LogP contribution >= 0.6 is 11.3 Å². The van der Waals surface area contributed by atoms with Gasteiger partial charge < -0.3 is 10.4 Å².